The Hall–Kier alpha value is -1.57. The zero-order valence-electron chi connectivity index (χ0n) is 14.6. The molecule has 0 radical (unpaired) electrons. The van der Waals surface area contributed by atoms with E-state index in [4.69, 9.17) is 4.74 Å². The van der Waals surface area contributed by atoms with Crippen LogP contribution < -0.4 is 0 Å². The van der Waals surface area contributed by atoms with E-state index in [2.05, 4.69) is 23.1 Å². The van der Waals surface area contributed by atoms with Crippen molar-refractivity contribution in [3.63, 3.8) is 0 Å². The molecule has 0 bridgehead atoms. The van der Waals surface area contributed by atoms with E-state index in [9.17, 15) is 14.7 Å². The number of rotatable bonds is 6. The second-order valence-corrected chi connectivity index (χ2v) is 7.77. The lowest BCUT2D eigenvalue weighted by Crippen LogP contribution is -2.42. The summed E-state index contributed by atoms with van der Waals surface area (Å²) >= 11 is 1.70. The van der Waals surface area contributed by atoms with Crippen LogP contribution in [0.1, 0.15) is 5.56 Å². The summed E-state index contributed by atoms with van der Waals surface area (Å²) in [5.74, 6) is -0.961. The number of nitrogens with zero attached hydrogens (tertiary/aromatic N) is 2. The molecule has 136 valence electrons. The molecule has 2 aliphatic heterocycles. The zero-order valence-corrected chi connectivity index (χ0v) is 15.4. The van der Waals surface area contributed by atoms with Gasteiger partial charge in [0.2, 0.25) is 5.91 Å². The van der Waals surface area contributed by atoms with Crippen molar-refractivity contribution in [3.8, 4) is 0 Å². The lowest BCUT2D eigenvalue weighted by atomic mass is 9.81. The highest BCUT2D eigenvalue weighted by atomic mass is 32.2. The molecule has 1 N–H and O–H groups in total. The largest absolute Gasteiger partial charge is 0.481 e. The highest BCUT2D eigenvalue weighted by Crippen LogP contribution is 2.43. The van der Waals surface area contributed by atoms with Crippen molar-refractivity contribution in [3.05, 3.63) is 29.8 Å². The fourth-order valence-corrected chi connectivity index (χ4v) is 4.51. The summed E-state index contributed by atoms with van der Waals surface area (Å²) in [4.78, 5) is 29.2. The minimum atomic E-state index is -0.861. The predicted octanol–water partition coefficient (Wildman–Crippen LogP) is 1.40. The van der Waals surface area contributed by atoms with Gasteiger partial charge in [0.1, 0.15) is 12.0 Å². The molecule has 25 heavy (non-hydrogen) atoms. The van der Waals surface area contributed by atoms with E-state index in [-0.39, 0.29) is 25.0 Å². The van der Waals surface area contributed by atoms with Gasteiger partial charge in [-0.25, -0.2) is 0 Å². The van der Waals surface area contributed by atoms with Crippen LogP contribution in [0.5, 0.6) is 0 Å². The van der Waals surface area contributed by atoms with Gasteiger partial charge in [0.25, 0.3) is 0 Å². The molecule has 0 spiro atoms. The Bertz CT molecular complexity index is 668. The van der Waals surface area contributed by atoms with Gasteiger partial charge in [0.05, 0.1) is 0 Å². The van der Waals surface area contributed by atoms with Crippen molar-refractivity contribution in [1.29, 1.82) is 0 Å². The van der Waals surface area contributed by atoms with Crippen LogP contribution in [0.4, 0.5) is 0 Å². The van der Waals surface area contributed by atoms with Gasteiger partial charge in [0.15, 0.2) is 0 Å². The first-order valence-electron chi connectivity index (χ1n) is 8.34. The van der Waals surface area contributed by atoms with Gasteiger partial charge in [-0.1, -0.05) is 12.1 Å². The maximum atomic E-state index is 12.1. The molecule has 7 heteroatoms. The zero-order chi connectivity index (χ0) is 18.0. The van der Waals surface area contributed by atoms with Crippen LogP contribution >= 0.6 is 11.8 Å². The maximum absolute atomic E-state index is 12.1. The molecule has 2 fully saturated rings. The first kappa shape index (κ1) is 18.2. The van der Waals surface area contributed by atoms with E-state index >= 15 is 0 Å². The molecule has 2 aliphatic rings. The number of likely N-dealkylation sites (tertiary alicyclic amines) is 2. The monoisotopic (exact) mass is 364 g/mol. The molecule has 1 aromatic rings. The summed E-state index contributed by atoms with van der Waals surface area (Å²) in [5.41, 5.74) is 0.334. The molecule has 0 unspecified atom stereocenters. The van der Waals surface area contributed by atoms with Gasteiger partial charge in [-0.3, -0.25) is 14.5 Å². The lowest BCUT2D eigenvalue weighted by molar-refractivity contribution is -0.149. The third kappa shape index (κ3) is 3.54. The number of carbonyl (C=O) groups is 2. The van der Waals surface area contributed by atoms with Gasteiger partial charge < -0.3 is 14.7 Å². The fraction of sp³-hybridized carbons (Fsp3) is 0.556. The third-order valence-corrected chi connectivity index (χ3v) is 5.99. The molecule has 0 aliphatic carbocycles. The van der Waals surface area contributed by atoms with Crippen LogP contribution in [0, 0.1) is 11.3 Å². The second kappa shape index (κ2) is 7.35. The highest BCUT2D eigenvalue weighted by Gasteiger charge is 2.58. The number of benzene rings is 1. The Kier molecular flexibility index (Phi) is 5.36. The number of carbonyl (C=O) groups excluding carboxylic acids is 1. The van der Waals surface area contributed by atoms with Crippen molar-refractivity contribution >= 4 is 23.6 Å². The predicted molar refractivity (Wildman–Crippen MR) is 95.5 cm³/mol. The third-order valence-electron chi connectivity index (χ3n) is 5.27. The number of amides is 1. The van der Waals surface area contributed by atoms with E-state index < -0.39 is 11.4 Å². The smallest absolute Gasteiger partial charge is 0.313 e. The molecular weight excluding hydrogens is 340 g/mol. The number of aliphatic carboxylic acids is 1. The fourth-order valence-electron chi connectivity index (χ4n) is 4.03. The molecule has 0 aromatic heterocycles. The second-order valence-electron chi connectivity index (χ2n) is 6.89. The van der Waals surface area contributed by atoms with Crippen molar-refractivity contribution < 1.29 is 19.4 Å². The summed E-state index contributed by atoms with van der Waals surface area (Å²) in [6, 6.07) is 8.34. The number of carboxylic acid groups (broad SMARTS) is 1. The number of carboxylic acids is 1. The number of ether oxygens (including phenoxy) is 1. The van der Waals surface area contributed by atoms with Crippen molar-refractivity contribution in [2.45, 2.75) is 11.4 Å². The Morgan fingerprint density at radius 1 is 1.36 bits per heavy atom. The summed E-state index contributed by atoms with van der Waals surface area (Å²) in [5, 5.41) is 9.87. The number of thioether (sulfide) groups is 1. The van der Waals surface area contributed by atoms with E-state index in [0.29, 0.717) is 19.6 Å². The highest BCUT2D eigenvalue weighted by molar-refractivity contribution is 7.98. The average Bonchev–Trinajstić information content (AvgIpc) is 3.10. The topological polar surface area (TPSA) is 70.1 Å². The Morgan fingerprint density at radius 3 is 2.80 bits per heavy atom. The molecule has 6 nitrogen and oxygen atoms in total. The molecule has 3 rings (SSSR count). The number of hydrogen-bond donors (Lipinski definition) is 1. The van der Waals surface area contributed by atoms with Crippen molar-refractivity contribution in [2.75, 3.05) is 46.2 Å². The van der Waals surface area contributed by atoms with E-state index in [1.807, 2.05) is 12.3 Å². The van der Waals surface area contributed by atoms with Gasteiger partial charge >= 0.3 is 5.97 Å². The molecule has 2 atom stereocenters. The Balaban J connectivity index is 1.71. The molecule has 1 amide bonds. The van der Waals surface area contributed by atoms with Crippen LogP contribution in [0.25, 0.3) is 0 Å². The SMILES string of the molecule is COCC(=O)N1C[C@H]2CN(Cc3cccc(SC)c3)C[C@@]2(C(=O)O)C1. The Labute approximate surface area is 152 Å². The first-order valence-corrected chi connectivity index (χ1v) is 9.56. The van der Waals surface area contributed by atoms with Crippen LogP contribution in [0.15, 0.2) is 29.2 Å². The standard InChI is InChI=1S/C18H24N2O4S/c1-24-10-16(21)20-9-14-8-19(11-18(14,12-20)17(22)23)7-13-4-3-5-15(6-13)25-2/h3-6,14H,7-12H2,1-2H3,(H,22,23)/t14-,18-/m1/s1. The van der Waals surface area contributed by atoms with Crippen LogP contribution in [-0.4, -0.2) is 72.9 Å². The normalized spacial score (nSPS) is 26.0. The van der Waals surface area contributed by atoms with Crippen molar-refractivity contribution in [2.24, 2.45) is 11.3 Å². The van der Waals surface area contributed by atoms with Gasteiger partial charge in [-0.2, -0.15) is 0 Å². The van der Waals surface area contributed by atoms with Crippen LogP contribution in [0.3, 0.4) is 0 Å². The summed E-state index contributed by atoms with van der Waals surface area (Å²) in [6.07, 6.45) is 2.05. The average molecular weight is 364 g/mol. The van der Waals surface area contributed by atoms with E-state index in [1.54, 1.807) is 16.7 Å². The number of fused-ring (bicyclic) bond motifs is 1. The minimum absolute atomic E-state index is 0.00755. The quantitative estimate of drug-likeness (QED) is 0.770. The van der Waals surface area contributed by atoms with Gasteiger partial charge in [0, 0.05) is 50.6 Å². The van der Waals surface area contributed by atoms with E-state index in [1.165, 1.54) is 17.6 Å². The molecule has 0 saturated carbocycles. The molecule has 1 aromatic carbocycles. The van der Waals surface area contributed by atoms with Gasteiger partial charge in [-0.15, -0.1) is 11.8 Å². The van der Waals surface area contributed by atoms with E-state index in [0.717, 1.165) is 6.54 Å². The summed E-state index contributed by atoms with van der Waals surface area (Å²) < 4.78 is 4.90. The van der Waals surface area contributed by atoms with Crippen LogP contribution in [-0.2, 0) is 20.9 Å². The maximum Gasteiger partial charge on any atom is 0.313 e. The number of methoxy groups -OCH3 is 1. The Morgan fingerprint density at radius 2 is 2.16 bits per heavy atom. The minimum Gasteiger partial charge on any atom is -0.481 e. The number of hydrogen-bond acceptors (Lipinski definition) is 5. The molecule has 2 heterocycles. The van der Waals surface area contributed by atoms with Gasteiger partial charge in [-0.05, 0) is 24.0 Å². The lowest BCUT2D eigenvalue weighted by Gasteiger charge is -2.25. The summed E-state index contributed by atoms with van der Waals surface area (Å²) in [7, 11) is 1.48. The first-order chi connectivity index (χ1) is 12.0. The molecule has 2 saturated heterocycles. The molecular formula is C18H24N2O4S. The van der Waals surface area contributed by atoms with Crippen LogP contribution in [0.2, 0.25) is 0 Å². The van der Waals surface area contributed by atoms with Crippen molar-refractivity contribution in [1.82, 2.24) is 9.80 Å². The summed E-state index contributed by atoms with van der Waals surface area (Å²) in [6.45, 7) is 2.70.